The van der Waals surface area contributed by atoms with Gasteiger partial charge < -0.3 is 16.0 Å². The topological polar surface area (TPSA) is 99.2 Å². The number of hydrogen-bond acceptors (Lipinski definition) is 4. The Balaban J connectivity index is 2.98. The number of hydrogen-bond donors (Lipinski definition) is 2. The number of aryl methyl sites for hydroxylation is 2. The predicted molar refractivity (Wildman–Crippen MR) is 89.3 cm³/mol. The van der Waals surface area contributed by atoms with Gasteiger partial charge in [-0.1, -0.05) is 25.1 Å². The van der Waals surface area contributed by atoms with Gasteiger partial charge in [-0.25, -0.2) is 0 Å². The summed E-state index contributed by atoms with van der Waals surface area (Å²) in [6.07, 6.45) is 3.18. The van der Waals surface area contributed by atoms with Gasteiger partial charge in [0.15, 0.2) is 0 Å². The smallest absolute Gasteiger partial charge is 0.267 e. The Morgan fingerprint density at radius 1 is 1.48 bits per heavy atom. The molecule has 0 spiro atoms. The fraction of sp³-hybridized carbons (Fsp3) is 0.353. The van der Waals surface area contributed by atoms with Crippen LogP contribution >= 0.6 is 0 Å². The maximum atomic E-state index is 12.3. The van der Waals surface area contributed by atoms with Gasteiger partial charge in [0, 0.05) is 18.4 Å². The highest BCUT2D eigenvalue weighted by Gasteiger charge is 2.14. The number of para-hydroxylation sites is 1. The minimum absolute atomic E-state index is 0.126. The molecule has 0 aromatic heterocycles. The molecule has 122 valence electrons. The first-order valence-corrected chi connectivity index (χ1v) is 7.50. The van der Waals surface area contributed by atoms with Crippen LogP contribution < -0.4 is 11.1 Å². The Morgan fingerprint density at radius 2 is 2.22 bits per heavy atom. The zero-order chi connectivity index (χ0) is 17.2. The van der Waals surface area contributed by atoms with E-state index in [-0.39, 0.29) is 5.57 Å². The fourth-order valence-electron chi connectivity index (χ4n) is 2.11. The number of rotatable bonds is 8. The molecule has 0 bridgehead atoms. The van der Waals surface area contributed by atoms with Crippen molar-refractivity contribution in [1.29, 1.82) is 5.26 Å². The highest BCUT2D eigenvalue weighted by molar-refractivity contribution is 6.07. The van der Waals surface area contributed by atoms with E-state index in [1.165, 1.54) is 11.1 Å². The lowest BCUT2D eigenvalue weighted by atomic mass is 10.1. The second kappa shape index (κ2) is 9.38. The fourth-order valence-corrected chi connectivity index (χ4v) is 2.11. The average Bonchev–Trinajstić information content (AvgIpc) is 2.56. The van der Waals surface area contributed by atoms with Crippen LogP contribution in [0.15, 0.2) is 30.0 Å². The number of nitrogens with zero attached hydrogens (tertiary/aromatic N) is 2. The summed E-state index contributed by atoms with van der Waals surface area (Å²) in [5.74, 6) is -0.531. The van der Waals surface area contributed by atoms with Crippen molar-refractivity contribution in [2.75, 3.05) is 18.4 Å². The van der Waals surface area contributed by atoms with Crippen molar-refractivity contribution in [3.8, 4) is 6.07 Å². The van der Waals surface area contributed by atoms with Gasteiger partial charge in [0.2, 0.25) is 6.41 Å². The molecule has 1 aromatic carbocycles. The van der Waals surface area contributed by atoms with Crippen molar-refractivity contribution >= 4 is 18.0 Å². The SMILES string of the molecule is CCc1cccc(C)c1NC(=O)/C(C#N)=C\N(C=O)CCCN. The molecule has 3 N–H and O–H groups in total. The molecular formula is C17H22N4O2. The van der Waals surface area contributed by atoms with Crippen LogP contribution in [0.2, 0.25) is 0 Å². The Bertz CT molecular complexity index is 632. The minimum Gasteiger partial charge on any atom is -0.330 e. The van der Waals surface area contributed by atoms with Crippen molar-refractivity contribution in [1.82, 2.24) is 4.90 Å². The summed E-state index contributed by atoms with van der Waals surface area (Å²) >= 11 is 0. The predicted octanol–water partition coefficient (Wildman–Crippen LogP) is 1.71. The van der Waals surface area contributed by atoms with Crippen LogP contribution in [0.4, 0.5) is 5.69 Å². The van der Waals surface area contributed by atoms with Crippen LogP contribution in [0.5, 0.6) is 0 Å². The van der Waals surface area contributed by atoms with Crippen LogP contribution in [0.25, 0.3) is 0 Å². The molecule has 1 rings (SSSR count). The van der Waals surface area contributed by atoms with Gasteiger partial charge >= 0.3 is 0 Å². The molecule has 1 aromatic rings. The molecule has 0 aliphatic rings. The summed E-state index contributed by atoms with van der Waals surface area (Å²) < 4.78 is 0. The zero-order valence-electron chi connectivity index (χ0n) is 13.5. The normalized spacial score (nSPS) is 10.8. The summed E-state index contributed by atoms with van der Waals surface area (Å²) in [4.78, 5) is 24.6. The summed E-state index contributed by atoms with van der Waals surface area (Å²) in [5.41, 5.74) is 7.89. The van der Waals surface area contributed by atoms with E-state index in [0.717, 1.165) is 17.5 Å². The van der Waals surface area contributed by atoms with Crippen molar-refractivity contribution in [3.63, 3.8) is 0 Å². The van der Waals surface area contributed by atoms with E-state index >= 15 is 0 Å². The van der Waals surface area contributed by atoms with Gasteiger partial charge in [0.05, 0.1) is 0 Å². The number of carbonyl (C=O) groups is 2. The molecule has 6 nitrogen and oxygen atoms in total. The maximum Gasteiger partial charge on any atom is 0.267 e. The molecule has 6 heteroatoms. The van der Waals surface area contributed by atoms with Crippen molar-refractivity contribution in [2.45, 2.75) is 26.7 Å². The average molecular weight is 314 g/mol. The molecule has 23 heavy (non-hydrogen) atoms. The minimum atomic E-state index is -0.531. The van der Waals surface area contributed by atoms with Crippen molar-refractivity contribution in [3.05, 3.63) is 41.1 Å². The van der Waals surface area contributed by atoms with E-state index in [1.807, 2.05) is 38.1 Å². The van der Waals surface area contributed by atoms with Crippen molar-refractivity contribution < 1.29 is 9.59 Å². The number of nitrogens with one attached hydrogen (secondary N) is 1. The molecule has 0 saturated carbocycles. The van der Waals surface area contributed by atoms with Crippen LogP contribution in [-0.4, -0.2) is 30.3 Å². The zero-order valence-corrected chi connectivity index (χ0v) is 13.5. The van der Waals surface area contributed by atoms with Crippen LogP contribution in [0.1, 0.15) is 24.5 Å². The summed E-state index contributed by atoms with van der Waals surface area (Å²) in [7, 11) is 0. The number of anilines is 1. The van der Waals surface area contributed by atoms with Crippen LogP contribution in [0, 0.1) is 18.3 Å². The molecular weight excluding hydrogens is 292 g/mol. The summed E-state index contributed by atoms with van der Waals surface area (Å²) in [6.45, 7) is 4.67. The second-order valence-corrected chi connectivity index (χ2v) is 5.06. The van der Waals surface area contributed by atoms with E-state index in [4.69, 9.17) is 5.73 Å². The third-order valence-electron chi connectivity index (χ3n) is 3.39. The standard InChI is InChI=1S/C17H22N4O2/c1-3-14-7-4-6-13(2)16(14)20-17(23)15(10-19)11-21(12-22)9-5-8-18/h4,6-7,11-12H,3,5,8-9,18H2,1-2H3,(H,20,23)/b15-11-. The molecule has 0 radical (unpaired) electrons. The second-order valence-electron chi connectivity index (χ2n) is 5.06. The van der Waals surface area contributed by atoms with Crippen LogP contribution in [-0.2, 0) is 16.0 Å². The van der Waals surface area contributed by atoms with Gasteiger partial charge in [0.25, 0.3) is 5.91 Å². The monoisotopic (exact) mass is 314 g/mol. The third kappa shape index (κ3) is 5.24. The van der Waals surface area contributed by atoms with E-state index < -0.39 is 5.91 Å². The van der Waals surface area contributed by atoms with Gasteiger partial charge in [-0.2, -0.15) is 5.26 Å². The highest BCUT2D eigenvalue weighted by Crippen LogP contribution is 2.21. The number of nitrogens with two attached hydrogens (primary N) is 1. The molecule has 0 heterocycles. The Kier molecular flexibility index (Phi) is 7.51. The number of amides is 2. The molecule has 0 fully saturated rings. The van der Waals surface area contributed by atoms with E-state index in [1.54, 1.807) is 0 Å². The first-order valence-electron chi connectivity index (χ1n) is 7.50. The first kappa shape index (κ1) is 18.4. The lowest BCUT2D eigenvalue weighted by Gasteiger charge is -2.14. The molecule has 2 amide bonds. The maximum absolute atomic E-state index is 12.3. The van der Waals surface area contributed by atoms with Gasteiger partial charge in [-0.05, 0) is 37.4 Å². The summed E-state index contributed by atoms with van der Waals surface area (Å²) in [5, 5.41) is 12.0. The largest absolute Gasteiger partial charge is 0.330 e. The van der Waals surface area contributed by atoms with Gasteiger partial charge in [-0.3, -0.25) is 9.59 Å². The molecule has 0 aliphatic heterocycles. The molecule has 0 aliphatic carbocycles. The van der Waals surface area contributed by atoms with E-state index in [9.17, 15) is 14.9 Å². The van der Waals surface area contributed by atoms with E-state index in [2.05, 4.69) is 5.32 Å². The molecule has 0 atom stereocenters. The number of nitriles is 1. The number of carbonyl (C=O) groups excluding carboxylic acids is 2. The van der Waals surface area contributed by atoms with Gasteiger partial charge in [0.1, 0.15) is 11.6 Å². The third-order valence-corrected chi connectivity index (χ3v) is 3.39. The first-order chi connectivity index (χ1) is 11.1. The molecule has 0 unspecified atom stereocenters. The lowest BCUT2D eigenvalue weighted by Crippen LogP contribution is -2.23. The summed E-state index contributed by atoms with van der Waals surface area (Å²) in [6, 6.07) is 7.58. The van der Waals surface area contributed by atoms with Crippen molar-refractivity contribution in [2.24, 2.45) is 5.73 Å². The Morgan fingerprint density at radius 3 is 2.78 bits per heavy atom. The van der Waals surface area contributed by atoms with Crippen LogP contribution in [0.3, 0.4) is 0 Å². The number of benzene rings is 1. The van der Waals surface area contributed by atoms with Gasteiger partial charge in [-0.15, -0.1) is 0 Å². The Hall–Kier alpha value is -2.65. The lowest BCUT2D eigenvalue weighted by molar-refractivity contribution is -0.116. The van der Waals surface area contributed by atoms with E-state index in [0.29, 0.717) is 31.6 Å². The quantitative estimate of drug-likeness (QED) is 0.433. The molecule has 0 saturated heterocycles. The highest BCUT2D eigenvalue weighted by atomic mass is 16.2. The Labute approximate surface area is 136 Å².